The number of rotatable bonds is 25. The van der Waals surface area contributed by atoms with Crippen LogP contribution in [0, 0.1) is 0 Å². The molecule has 0 radical (unpaired) electrons. The van der Waals surface area contributed by atoms with Gasteiger partial charge in [0.15, 0.2) is 0 Å². The molecular weight excluding hydrogens is 657 g/mol. The molecule has 0 aliphatic rings. The summed E-state index contributed by atoms with van der Waals surface area (Å²) < 4.78 is 34.1. The molecule has 0 saturated carbocycles. The van der Waals surface area contributed by atoms with E-state index in [1.54, 1.807) is 11.8 Å². The lowest BCUT2D eigenvalue weighted by molar-refractivity contribution is -0.870. The quantitative estimate of drug-likeness (QED) is 0.0434. The molecule has 0 heterocycles. The fourth-order valence-electron chi connectivity index (χ4n) is 4.29. The zero-order valence-electron chi connectivity index (χ0n) is 26.9. The number of nitrogens with zero attached hydrogens (tertiary/aromatic N) is 1. The summed E-state index contributed by atoms with van der Waals surface area (Å²) >= 11 is 4.10. The van der Waals surface area contributed by atoms with Gasteiger partial charge in [0.25, 0.3) is 0 Å². The first-order valence-electron chi connectivity index (χ1n) is 15.7. The molecule has 10 heteroatoms. The van der Waals surface area contributed by atoms with Crippen molar-refractivity contribution in [2.75, 3.05) is 45.7 Å². The summed E-state index contributed by atoms with van der Waals surface area (Å²) in [6.45, 7) is 8.68. The zero-order chi connectivity index (χ0) is 30.5. The van der Waals surface area contributed by atoms with Crippen LogP contribution in [0.15, 0.2) is 0 Å². The fourth-order valence-corrected chi connectivity index (χ4v) is 7.57. The van der Waals surface area contributed by atoms with Crippen molar-refractivity contribution in [2.45, 2.75) is 139 Å². The molecule has 7 nitrogen and oxygen atoms in total. The maximum absolute atomic E-state index is 12.6. The van der Waals surface area contributed by atoms with E-state index in [1.807, 2.05) is 20.8 Å². The van der Waals surface area contributed by atoms with E-state index in [2.05, 4.69) is 60.7 Å². The Morgan fingerprint density at radius 3 is 1.77 bits per heavy atom. The molecule has 0 saturated heterocycles. The maximum atomic E-state index is 12.6. The van der Waals surface area contributed by atoms with Crippen LogP contribution in [0.3, 0.4) is 0 Å². The average molecular weight is 721 g/mol. The van der Waals surface area contributed by atoms with Crippen LogP contribution in [0.25, 0.3) is 0 Å². The summed E-state index contributed by atoms with van der Waals surface area (Å²) in [7, 11) is 2.74. The van der Waals surface area contributed by atoms with Crippen LogP contribution in [0.1, 0.15) is 124 Å². The number of alkyl halides is 1. The van der Waals surface area contributed by atoms with Gasteiger partial charge >= 0.3 is 6.09 Å². The van der Waals surface area contributed by atoms with Gasteiger partial charge in [0.05, 0.1) is 42.7 Å². The summed E-state index contributed by atoms with van der Waals surface area (Å²) in [5.74, 6) is 1.08. The SMILES string of the molecule is CCCCCCCCCCCCCCCCSC(I)C(CNS(=O)(=O)CCC[N+](C)(C)C)NC(=O)OC(C)(C)C. The molecule has 0 aliphatic carbocycles. The number of alkyl carbamates (subject to hydrolysis) is 1. The Morgan fingerprint density at radius 2 is 1.32 bits per heavy atom. The predicted octanol–water partition coefficient (Wildman–Crippen LogP) is 7.87. The topological polar surface area (TPSA) is 84.5 Å². The summed E-state index contributed by atoms with van der Waals surface area (Å²) in [4.78, 5) is 12.5. The van der Waals surface area contributed by atoms with Gasteiger partial charge in [-0.25, -0.2) is 17.9 Å². The molecule has 0 aromatic rings. The van der Waals surface area contributed by atoms with Crippen LogP contribution in [0.4, 0.5) is 4.79 Å². The highest BCUT2D eigenvalue weighted by Gasteiger charge is 2.26. The molecule has 0 spiro atoms. The second-order valence-electron chi connectivity index (χ2n) is 13.1. The number of halogens is 1. The summed E-state index contributed by atoms with van der Waals surface area (Å²) in [5.41, 5.74) is -0.610. The third-order valence-electron chi connectivity index (χ3n) is 6.56. The standard InChI is InChI=1S/C30H62IN3O4S2/c1-8-9-10-11-12-13-14-15-16-17-18-19-20-21-24-39-28(31)27(33-29(35)38-30(2,3)4)26-32-40(36,37)25-22-23-34(5,6)7/h27-28,32H,8-26H2,1-7H3/p+1. The summed E-state index contributed by atoms with van der Waals surface area (Å²) in [6.07, 6.45) is 18.8. The van der Waals surface area contributed by atoms with Crippen molar-refractivity contribution < 1.29 is 22.4 Å². The lowest BCUT2D eigenvalue weighted by atomic mass is 10.0. The molecule has 0 aromatic carbocycles. The van der Waals surface area contributed by atoms with E-state index in [0.717, 1.165) is 23.2 Å². The molecule has 0 aliphatic heterocycles. The third kappa shape index (κ3) is 27.1. The number of hydrogen-bond donors (Lipinski definition) is 2. The average Bonchev–Trinajstić information content (AvgIpc) is 2.82. The molecule has 2 unspecified atom stereocenters. The van der Waals surface area contributed by atoms with Crippen molar-refractivity contribution in [1.29, 1.82) is 0 Å². The monoisotopic (exact) mass is 720 g/mol. The fraction of sp³-hybridized carbons (Fsp3) is 0.967. The van der Waals surface area contributed by atoms with E-state index < -0.39 is 21.7 Å². The van der Waals surface area contributed by atoms with Crippen molar-refractivity contribution in [2.24, 2.45) is 0 Å². The second-order valence-corrected chi connectivity index (χ2v) is 18.5. The van der Waals surface area contributed by atoms with E-state index in [-0.39, 0.29) is 21.6 Å². The van der Waals surface area contributed by atoms with E-state index in [4.69, 9.17) is 4.74 Å². The van der Waals surface area contributed by atoms with Gasteiger partial charge in [-0.15, -0.1) is 11.8 Å². The van der Waals surface area contributed by atoms with Gasteiger partial charge in [0.1, 0.15) is 5.60 Å². The molecule has 240 valence electrons. The molecule has 0 rings (SSSR count). The number of ether oxygens (including phenoxy) is 1. The van der Waals surface area contributed by atoms with Crippen LogP contribution in [-0.2, 0) is 14.8 Å². The number of nitrogens with one attached hydrogen (secondary N) is 2. The van der Waals surface area contributed by atoms with Crippen LogP contribution in [0.5, 0.6) is 0 Å². The largest absolute Gasteiger partial charge is 0.444 e. The molecule has 2 N–H and O–H groups in total. The molecular formula is C30H63IN3O4S2+. The van der Waals surface area contributed by atoms with Crippen molar-refractivity contribution in [1.82, 2.24) is 10.0 Å². The Hall–Kier alpha value is 0.220. The molecule has 1 amide bonds. The van der Waals surface area contributed by atoms with Crippen molar-refractivity contribution in [3.05, 3.63) is 0 Å². The lowest BCUT2D eigenvalue weighted by Crippen LogP contribution is -2.49. The van der Waals surface area contributed by atoms with E-state index in [9.17, 15) is 13.2 Å². The first-order valence-corrected chi connectivity index (χ1v) is 19.6. The first-order chi connectivity index (χ1) is 18.7. The van der Waals surface area contributed by atoms with E-state index >= 15 is 0 Å². The molecule has 0 bridgehead atoms. The molecule has 40 heavy (non-hydrogen) atoms. The predicted molar refractivity (Wildman–Crippen MR) is 183 cm³/mol. The van der Waals surface area contributed by atoms with E-state index in [1.165, 1.54) is 83.5 Å². The van der Waals surface area contributed by atoms with Gasteiger partial charge in [0, 0.05) is 13.0 Å². The Bertz CT molecular complexity index is 740. The molecule has 0 aromatic heterocycles. The number of unbranched alkanes of at least 4 members (excludes halogenated alkanes) is 13. The van der Waals surface area contributed by atoms with Crippen LogP contribution < -0.4 is 10.0 Å². The first kappa shape index (κ1) is 40.2. The van der Waals surface area contributed by atoms with Gasteiger partial charge in [-0.05, 0) is 32.9 Å². The number of quaternary nitrogens is 1. The molecule has 2 atom stereocenters. The van der Waals surface area contributed by atoms with Gasteiger partial charge in [-0.2, -0.15) is 0 Å². The smallest absolute Gasteiger partial charge is 0.407 e. The Kier molecular flexibility index (Phi) is 22.8. The summed E-state index contributed by atoms with van der Waals surface area (Å²) in [5, 5.41) is 2.91. The number of sulfonamides is 1. The normalized spacial score (nSPS) is 14.2. The minimum Gasteiger partial charge on any atom is -0.444 e. The lowest BCUT2D eigenvalue weighted by Gasteiger charge is -2.27. The van der Waals surface area contributed by atoms with E-state index in [0.29, 0.717) is 6.42 Å². The van der Waals surface area contributed by atoms with Gasteiger partial charge in [-0.1, -0.05) is 113 Å². The Morgan fingerprint density at radius 1 is 0.850 bits per heavy atom. The van der Waals surface area contributed by atoms with Crippen molar-refractivity contribution >= 4 is 50.5 Å². The van der Waals surface area contributed by atoms with Crippen LogP contribution >= 0.6 is 34.4 Å². The molecule has 0 fully saturated rings. The highest BCUT2D eigenvalue weighted by atomic mass is 127. The van der Waals surface area contributed by atoms with Gasteiger partial charge in [0.2, 0.25) is 10.0 Å². The second kappa shape index (κ2) is 22.7. The summed E-state index contributed by atoms with van der Waals surface area (Å²) in [6, 6.07) is -0.361. The Labute approximate surface area is 266 Å². The maximum Gasteiger partial charge on any atom is 0.407 e. The van der Waals surface area contributed by atoms with Gasteiger partial charge < -0.3 is 14.5 Å². The number of thioether (sulfide) groups is 1. The van der Waals surface area contributed by atoms with Crippen molar-refractivity contribution in [3.8, 4) is 0 Å². The number of carbonyl (C=O) groups excluding carboxylic acids is 1. The van der Waals surface area contributed by atoms with Crippen molar-refractivity contribution in [3.63, 3.8) is 0 Å². The number of amides is 1. The minimum atomic E-state index is -3.42. The van der Waals surface area contributed by atoms with Gasteiger partial charge in [-0.3, -0.25) is 0 Å². The highest BCUT2D eigenvalue weighted by molar-refractivity contribution is 14.1. The third-order valence-corrected chi connectivity index (χ3v) is 11.1. The van der Waals surface area contributed by atoms with Crippen LogP contribution in [0.2, 0.25) is 0 Å². The Balaban J connectivity index is 4.34. The van der Waals surface area contributed by atoms with Crippen LogP contribution in [-0.4, -0.2) is 79.6 Å². The number of hydrogen-bond acceptors (Lipinski definition) is 5. The highest BCUT2D eigenvalue weighted by Crippen LogP contribution is 2.24. The zero-order valence-corrected chi connectivity index (χ0v) is 30.7. The minimum absolute atomic E-state index is 0.0287. The number of carbonyl (C=O) groups is 1.